The highest BCUT2D eigenvalue weighted by molar-refractivity contribution is 7.99. The third kappa shape index (κ3) is 4.45. The van der Waals surface area contributed by atoms with Crippen LogP contribution in [0.5, 0.6) is 0 Å². The zero-order chi connectivity index (χ0) is 18.5. The van der Waals surface area contributed by atoms with Gasteiger partial charge in [-0.1, -0.05) is 18.2 Å². The summed E-state index contributed by atoms with van der Waals surface area (Å²) in [5.74, 6) is 0.788. The molecule has 0 atom stereocenters. The van der Waals surface area contributed by atoms with Crippen molar-refractivity contribution >= 4 is 40.0 Å². The Morgan fingerprint density at radius 2 is 2.19 bits per heavy atom. The van der Waals surface area contributed by atoms with Gasteiger partial charge in [0.2, 0.25) is 5.91 Å². The normalized spacial score (nSPS) is 13.8. The van der Waals surface area contributed by atoms with Crippen LogP contribution in [-0.4, -0.2) is 39.0 Å². The molecule has 1 aliphatic rings. The summed E-state index contributed by atoms with van der Waals surface area (Å²) in [5.41, 5.74) is 0.805. The van der Waals surface area contributed by atoms with Gasteiger partial charge in [-0.15, -0.1) is 21.5 Å². The number of aryl methyl sites for hydroxylation is 2. The van der Waals surface area contributed by atoms with Crippen LogP contribution in [0.3, 0.4) is 0 Å². The number of carbonyl (C=O) groups is 2. The van der Waals surface area contributed by atoms with Crippen molar-refractivity contribution in [3.63, 3.8) is 0 Å². The summed E-state index contributed by atoms with van der Waals surface area (Å²) in [6, 6.07) is 1.79. The lowest BCUT2D eigenvalue weighted by Gasteiger charge is -2.06. The van der Waals surface area contributed by atoms with Gasteiger partial charge in [-0.05, 0) is 38.3 Å². The van der Waals surface area contributed by atoms with Crippen molar-refractivity contribution in [1.29, 1.82) is 0 Å². The summed E-state index contributed by atoms with van der Waals surface area (Å²) in [4.78, 5) is 24.7. The number of anilines is 1. The van der Waals surface area contributed by atoms with E-state index in [0.29, 0.717) is 16.5 Å². The molecule has 0 unspecified atom stereocenters. The maximum Gasteiger partial charge on any atom is 0.348 e. The van der Waals surface area contributed by atoms with Crippen molar-refractivity contribution < 1.29 is 14.3 Å². The number of nitrogens with zero attached hydrogens (tertiary/aromatic N) is 3. The van der Waals surface area contributed by atoms with Gasteiger partial charge in [-0.2, -0.15) is 0 Å². The summed E-state index contributed by atoms with van der Waals surface area (Å²) < 4.78 is 7.15. The molecular weight excluding hydrogens is 372 g/mol. The van der Waals surface area contributed by atoms with E-state index < -0.39 is 0 Å². The maximum atomic E-state index is 12.3. The Balaban J connectivity index is 1.57. The topological polar surface area (TPSA) is 86.1 Å². The molecule has 0 bridgehead atoms. The molecule has 0 aliphatic carbocycles. The van der Waals surface area contributed by atoms with E-state index in [1.165, 1.54) is 29.5 Å². The van der Waals surface area contributed by atoms with Gasteiger partial charge in [-0.3, -0.25) is 4.79 Å². The van der Waals surface area contributed by atoms with Crippen molar-refractivity contribution in [2.24, 2.45) is 0 Å². The molecule has 0 aromatic carbocycles. The van der Waals surface area contributed by atoms with Gasteiger partial charge in [0, 0.05) is 13.0 Å². The molecule has 1 aliphatic heterocycles. The molecule has 26 heavy (non-hydrogen) atoms. The number of hydrogen-bond donors (Lipinski definition) is 1. The SMILES string of the molecule is CCOC(=O)c1sc(NC(=O)CSc2nnc3n2CCCCC3)cc1C. The third-order valence-electron chi connectivity index (χ3n) is 4.05. The lowest BCUT2D eigenvalue weighted by atomic mass is 10.2. The summed E-state index contributed by atoms with van der Waals surface area (Å²) in [6.45, 7) is 4.85. The second-order valence-corrected chi connectivity index (χ2v) is 8.04. The van der Waals surface area contributed by atoms with E-state index in [4.69, 9.17) is 4.74 Å². The van der Waals surface area contributed by atoms with Crippen LogP contribution < -0.4 is 5.32 Å². The van der Waals surface area contributed by atoms with E-state index >= 15 is 0 Å². The Hall–Kier alpha value is -1.87. The molecule has 0 saturated carbocycles. The van der Waals surface area contributed by atoms with E-state index in [-0.39, 0.29) is 17.6 Å². The lowest BCUT2D eigenvalue weighted by Crippen LogP contribution is -2.14. The van der Waals surface area contributed by atoms with Gasteiger partial charge in [0.15, 0.2) is 5.16 Å². The van der Waals surface area contributed by atoms with Crippen LogP contribution in [0, 0.1) is 6.92 Å². The molecule has 0 fully saturated rings. The fraction of sp³-hybridized carbons (Fsp3) is 0.529. The average Bonchev–Trinajstić information content (AvgIpc) is 3.07. The summed E-state index contributed by atoms with van der Waals surface area (Å²) in [5, 5.41) is 12.8. The molecule has 1 amide bonds. The van der Waals surface area contributed by atoms with Gasteiger partial charge in [0.25, 0.3) is 0 Å². The Bertz CT molecular complexity index is 800. The number of ether oxygens (including phenoxy) is 1. The first-order valence-electron chi connectivity index (χ1n) is 8.70. The minimum absolute atomic E-state index is 0.127. The maximum absolute atomic E-state index is 12.3. The smallest absolute Gasteiger partial charge is 0.348 e. The molecule has 140 valence electrons. The highest BCUT2D eigenvalue weighted by Gasteiger charge is 2.18. The van der Waals surface area contributed by atoms with E-state index in [0.717, 1.165) is 42.4 Å². The van der Waals surface area contributed by atoms with Gasteiger partial charge in [-0.25, -0.2) is 4.79 Å². The van der Waals surface area contributed by atoms with Crippen molar-refractivity contribution in [2.75, 3.05) is 17.7 Å². The largest absolute Gasteiger partial charge is 0.462 e. The van der Waals surface area contributed by atoms with Crippen LogP contribution in [0.4, 0.5) is 5.00 Å². The predicted molar refractivity (Wildman–Crippen MR) is 102 cm³/mol. The Labute approximate surface area is 160 Å². The van der Waals surface area contributed by atoms with E-state index in [9.17, 15) is 9.59 Å². The molecule has 0 radical (unpaired) electrons. The molecule has 2 aromatic rings. The second-order valence-electron chi connectivity index (χ2n) is 6.04. The Kier molecular flexibility index (Phi) is 6.31. The summed E-state index contributed by atoms with van der Waals surface area (Å²) in [7, 11) is 0. The number of esters is 1. The second kappa shape index (κ2) is 8.68. The fourth-order valence-electron chi connectivity index (χ4n) is 2.81. The number of rotatable bonds is 6. The number of amides is 1. The molecule has 1 N–H and O–H groups in total. The van der Waals surface area contributed by atoms with Crippen molar-refractivity contribution in [2.45, 2.75) is 51.2 Å². The van der Waals surface area contributed by atoms with E-state index in [2.05, 4.69) is 20.1 Å². The van der Waals surface area contributed by atoms with Crippen LogP contribution in [0.25, 0.3) is 0 Å². The predicted octanol–water partition coefficient (Wildman–Crippen LogP) is 3.28. The molecule has 2 aromatic heterocycles. The first kappa shape index (κ1) is 18.9. The molecule has 0 saturated heterocycles. The zero-order valence-corrected chi connectivity index (χ0v) is 16.5. The fourth-order valence-corrected chi connectivity index (χ4v) is 4.58. The third-order valence-corrected chi connectivity index (χ3v) is 6.15. The van der Waals surface area contributed by atoms with Crippen LogP contribution in [0.1, 0.15) is 47.2 Å². The summed E-state index contributed by atoms with van der Waals surface area (Å²) in [6.07, 6.45) is 4.42. The van der Waals surface area contributed by atoms with Crippen molar-refractivity contribution in [1.82, 2.24) is 14.8 Å². The minimum Gasteiger partial charge on any atom is -0.462 e. The quantitative estimate of drug-likeness (QED) is 0.598. The van der Waals surface area contributed by atoms with Crippen LogP contribution in [0.15, 0.2) is 11.2 Å². The van der Waals surface area contributed by atoms with Gasteiger partial charge >= 0.3 is 5.97 Å². The molecular formula is C17H22N4O3S2. The number of hydrogen-bond acceptors (Lipinski definition) is 7. The molecule has 0 spiro atoms. The number of thioether (sulfide) groups is 1. The number of aromatic nitrogens is 3. The Morgan fingerprint density at radius 3 is 3.00 bits per heavy atom. The number of nitrogens with one attached hydrogen (secondary N) is 1. The molecule has 9 heteroatoms. The van der Waals surface area contributed by atoms with Crippen molar-refractivity contribution in [3.8, 4) is 0 Å². The summed E-state index contributed by atoms with van der Waals surface area (Å²) >= 11 is 2.63. The monoisotopic (exact) mass is 394 g/mol. The van der Waals surface area contributed by atoms with Gasteiger partial charge in [0.1, 0.15) is 10.7 Å². The first-order valence-corrected chi connectivity index (χ1v) is 10.5. The van der Waals surface area contributed by atoms with Crippen LogP contribution in [-0.2, 0) is 22.5 Å². The number of carbonyl (C=O) groups excluding carboxylic acids is 2. The van der Waals surface area contributed by atoms with Crippen LogP contribution in [0.2, 0.25) is 0 Å². The first-order chi connectivity index (χ1) is 12.6. The van der Waals surface area contributed by atoms with Gasteiger partial charge < -0.3 is 14.6 Å². The number of fused-ring (bicyclic) bond motifs is 1. The van der Waals surface area contributed by atoms with E-state index in [1.54, 1.807) is 13.0 Å². The molecule has 3 rings (SSSR count). The molecule has 7 nitrogen and oxygen atoms in total. The standard InChI is InChI=1S/C17H22N4O3S2/c1-3-24-16(23)15-11(2)9-14(26-15)18-13(22)10-25-17-20-19-12-7-5-4-6-8-21(12)17/h9H,3-8,10H2,1-2H3,(H,18,22). The zero-order valence-electron chi connectivity index (χ0n) is 14.9. The van der Waals surface area contributed by atoms with E-state index in [1.807, 2.05) is 6.92 Å². The van der Waals surface area contributed by atoms with Crippen molar-refractivity contribution in [3.05, 3.63) is 22.3 Å². The van der Waals surface area contributed by atoms with Crippen LogP contribution >= 0.6 is 23.1 Å². The Morgan fingerprint density at radius 1 is 1.35 bits per heavy atom. The lowest BCUT2D eigenvalue weighted by molar-refractivity contribution is -0.113. The highest BCUT2D eigenvalue weighted by Crippen LogP contribution is 2.28. The highest BCUT2D eigenvalue weighted by atomic mass is 32.2. The number of thiophene rings is 1. The molecule has 3 heterocycles. The van der Waals surface area contributed by atoms with Gasteiger partial charge in [0.05, 0.1) is 17.4 Å². The average molecular weight is 395 g/mol. The minimum atomic E-state index is -0.351.